The van der Waals surface area contributed by atoms with Crippen LogP contribution < -0.4 is 5.32 Å². The summed E-state index contributed by atoms with van der Waals surface area (Å²) < 4.78 is 13.5. The van der Waals surface area contributed by atoms with E-state index >= 15 is 0 Å². The molecule has 1 aliphatic rings. The molecule has 3 nitrogen and oxygen atoms in total. The van der Waals surface area contributed by atoms with E-state index < -0.39 is 0 Å². The van der Waals surface area contributed by atoms with Crippen LogP contribution in [-0.4, -0.2) is 30.4 Å². The van der Waals surface area contributed by atoms with E-state index in [0.29, 0.717) is 19.5 Å². The molecule has 3 rings (SSSR count). The molecule has 0 aliphatic carbocycles. The fraction of sp³-hybridized carbons (Fsp3) is 0.316. The van der Waals surface area contributed by atoms with Gasteiger partial charge < -0.3 is 10.2 Å². The van der Waals surface area contributed by atoms with Gasteiger partial charge in [-0.2, -0.15) is 0 Å². The zero-order valence-electron chi connectivity index (χ0n) is 13.3. The van der Waals surface area contributed by atoms with Gasteiger partial charge in [0.1, 0.15) is 5.82 Å². The number of amides is 1. The first-order chi connectivity index (χ1) is 11.1. The maximum atomic E-state index is 13.5. The summed E-state index contributed by atoms with van der Waals surface area (Å²) in [5, 5.41) is 3.29. The smallest absolute Gasteiger partial charge is 0.227 e. The van der Waals surface area contributed by atoms with E-state index in [1.165, 1.54) is 17.7 Å². The quantitative estimate of drug-likeness (QED) is 0.945. The average molecular weight is 312 g/mol. The van der Waals surface area contributed by atoms with Crippen LogP contribution in [0, 0.1) is 12.7 Å². The van der Waals surface area contributed by atoms with Crippen molar-refractivity contribution < 1.29 is 9.18 Å². The Balaban J connectivity index is 1.77. The number of carbonyl (C=O) groups excluding carboxylic acids is 1. The Morgan fingerprint density at radius 1 is 1.26 bits per heavy atom. The highest BCUT2D eigenvalue weighted by molar-refractivity contribution is 5.79. The first kappa shape index (κ1) is 15.7. The molecule has 1 atom stereocenters. The lowest BCUT2D eigenvalue weighted by Crippen LogP contribution is -2.49. The highest BCUT2D eigenvalue weighted by Crippen LogP contribution is 2.23. The minimum absolute atomic E-state index is 0.0876. The third-order valence-corrected chi connectivity index (χ3v) is 4.27. The summed E-state index contributed by atoms with van der Waals surface area (Å²) in [6.45, 7) is 4.10. The second kappa shape index (κ2) is 6.92. The van der Waals surface area contributed by atoms with Gasteiger partial charge in [0, 0.05) is 19.6 Å². The number of hydrogen-bond acceptors (Lipinski definition) is 2. The summed E-state index contributed by atoms with van der Waals surface area (Å²) in [6.07, 6.45) is 0.381. The standard InChI is InChI=1S/C19H21FN2O/c1-14-5-7-15(8-6-14)11-19(23)22-10-9-21-13-18(22)16-3-2-4-17(20)12-16/h2-8,12,18,21H,9-11,13H2,1H3. The molecule has 1 heterocycles. The molecule has 1 unspecified atom stereocenters. The molecule has 2 aromatic rings. The molecule has 4 heteroatoms. The van der Waals surface area contributed by atoms with Crippen molar-refractivity contribution in [2.45, 2.75) is 19.4 Å². The number of piperazine rings is 1. The van der Waals surface area contributed by atoms with Crippen molar-refractivity contribution in [1.29, 1.82) is 0 Å². The number of rotatable bonds is 3. The van der Waals surface area contributed by atoms with Gasteiger partial charge in [0.2, 0.25) is 5.91 Å². The third-order valence-electron chi connectivity index (χ3n) is 4.27. The monoisotopic (exact) mass is 312 g/mol. The zero-order valence-corrected chi connectivity index (χ0v) is 13.3. The Kier molecular flexibility index (Phi) is 4.72. The van der Waals surface area contributed by atoms with Gasteiger partial charge in [-0.15, -0.1) is 0 Å². The van der Waals surface area contributed by atoms with E-state index in [1.54, 1.807) is 6.07 Å². The summed E-state index contributed by atoms with van der Waals surface area (Å²) in [5.41, 5.74) is 3.03. The lowest BCUT2D eigenvalue weighted by Gasteiger charge is -2.36. The summed E-state index contributed by atoms with van der Waals surface area (Å²) >= 11 is 0. The van der Waals surface area contributed by atoms with Gasteiger partial charge in [-0.3, -0.25) is 4.79 Å². The molecule has 0 aromatic heterocycles. The molecule has 0 bridgehead atoms. The van der Waals surface area contributed by atoms with Gasteiger partial charge in [-0.05, 0) is 30.2 Å². The number of halogens is 1. The molecule has 23 heavy (non-hydrogen) atoms. The zero-order chi connectivity index (χ0) is 16.2. The van der Waals surface area contributed by atoms with Crippen LogP contribution in [0.3, 0.4) is 0 Å². The first-order valence-electron chi connectivity index (χ1n) is 7.95. The number of nitrogens with one attached hydrogen (secondary N) is 1. The van der Waals surface area contributed by atoms with Crippen LogP contribution in [0.25, 0.3) is 0 Å². The number of benzene rings is 2. The molecule has 1 aliphatic heterocycles. The topological polar surface area (TPSA) is 32.3 Å². The second-order valence-corrected chi connectivity index (χ2v) is 6.02. The minimum Gasteiger partial charge on any atom is -0.333 e. The van der Waals surface area contributed by atoms with Gasteiger partial charge in [-0.1, -0.05) is 42.0 Å². The predicted octanol–water partition coefficient (Wildman–Crippen LogP) is 2.85. The van der Waals surface area contributed by atoms with Gasteiger partial charge in [0.25, 0.3) is 0 Å². The van der Waals surface area contributed by atoms with Crippen molar-refractivity contribution in [2.75, 3.05) is 19.6 Å². The summed E-state index contributed by atoms with van der Waals surface area (Å²) in [5.74, 6) is -0.177. The van der Waals surface area contributed by atoms with Crippen molar-refractivity contribution in [3.05, 3.63) is 71.0 Å². The summed E-state index contributed by atoms with van der Waals surface area (Å²) in [4.78, 5) is 14.6. The molecule has 0 saturated carbocycles. The second-order valence-electron chi connectivity index (χ2n) is 6.02. The number of carbonyl (C=O) groups is 1. The Morgan fingerprint density at radius 2 is 2.04 bits per heavy atom. The molecular weight excluding hydrogens is 291 g/mol. The minimum atomic E-state index is -0.265. The van der Waals surface area contributed by atoms with Gasteiger partial charge in [0.15, 0.2) is 0 Å². The van der Waals surface area contributed by atoms with Crippen molar-refractivity contribution >= 4 is 5.91 Å². The molecule has 1 saturated heterocycles. The van der Waals surface area contributed by atoms with Gasteiger partial charge in [0.05, 0.1) is 12.5 Å². The summed E-state index contributed by atoms with van der Waals surface area (Å²) in [6, 6.07) is 14.4. The lowest BCUT2D eigenvalue weighted by atomic mass is 10.0. The van der Waals surface area contributed by atoms with Crippen LogP contribution in [-0.2, 0) is 11.2 Å². The number of nitrogens with zero attached hydrogens (tertiary/aromatic N) is 1. The lowest BCUT2D eigenvalue weighted by molar-refractivity contribution is -0.133. The van der Waals surface area contributed by atoms with Crippen LogP contribution in [0.1, 0.15) is 22.7 Å². The summed E-state index contributed by atoms with van der Waals surface area (Å²) in [7, 11) is 0. The van der Waals surface area contributed by atoms with Gasteiger partial charge >= 0.3 is 0 Å². The molecule has 0 spiro atoms. The van der Waals surface area contributed by atoms with E-state index in [0.717, 1.165) is 17.7 Å². The van der Waals surface area contributed by atoms with Crippen molar-refractivity contribution in [1.82, 2.24) is 10.2 Å². The number of hydrogen-bond donors (Lipinski definition) is 1. The normalized spacial score (nSPS) is 18.0. The van der Waals surface area contributed by atoms with E-state index in [9.17, 15) is 9.18 Å². The molecule has 1 amide bonds. The van der Waals surface area contributed by atoms with Crippen LogP contribution in [0.15, 0.2) is 48.5 Å². The SMILES string of the molecule is Cc1ccc(CC(=O)N2CCNCC2c2cccc(F)c2)cc1. The van der Waals surface area contributed by atoms with E-state index in [2.05, 4.69) is 5.32 Å². The van der Waals surface area contributed by atoms with Crippen LogP contribution in [0.4, 0.5) is 4.39 Å². The molecule has 1 fully saturated rings. The number of aryl methyl sites for hydroxylation is 1. The van der Waals surface area contributed by atoms with E-state index in [-0.39, 0.29) is 17.8 Å². The maximum Gasteiger partial charge on any atom is 0.227 e. The Labute approximate surface area is 136 Å². The molecular formula is C19H21FN2O. The highest BCUT2D eigenvalue weighted by Gasteiger charge is 2.27. The fourth-order valence-electron chi connectivity index (χ4n) is 3.00. The molecule has 0 radical (unpaired) electrons. The maximum absolute atomic E-state index is 13.5. The third kappa shape index (κ3) is 3.77. The molecule has 2 aromatic carbocycles. The van der Waals surface area contributed by atoms with Crippen molar-refractivity contribution in [2.24, 2.45) is 0 Å². The Morgan fingerprint density at radius 3 is 2.78 bits per heavy atom. The van der Waals surface area contributed by atoms with Crippen molar-refractivity contribution in [3.63, 3.8) is 0 Å². The van der Waals surface area contributed by atoms with Crippen LogP contribution >= 0.6 is 0 Å². The fourth-order valence-corrected chi connectivity index (χ4v) is 3.00. The van der Waals surface area contributed by atoms with Crippen molar-refractivity contribution in [3.8, 4) is 0 Å². The van der Waals surface area contributed by atoms with Gasteiger partial charge in [-0.25, -0.2) is 4.39 Å². The molecule has 120 valence electrons. The highest BCUT2D eigenvalue weighted by atomic mass is 19.1. The Bertz CT molecular complexity index is 684. The molecule has 1 N–H and O–H groups in total. The van der Waals surface area contributed by atoms with Crippen LogP contribution in [0.2, 0.25) is 0 Å². The largest absolute Gasteiger partial charge is 0.333 e. The van der Waals surface area contributed by atoms with E-state index in [4.69, 9.17) is 0 Å². The predicted molar refractivity (Wildman–Crippen MR) is 88.6 cm³/mol. The Hall–Kier alpha value is -2.20. The first-order valence-corrected chi connectivity index (χ1v) is 7.95. The van der Waals surface area contributed by atoms with Crippen LogP contribution in [0.5, 0.6) is 0 Å². The average Bonchev–Trinajstić information content (AvgIpc) is 2.57. The van der Waals surface area contributed by atoms with E-state index in [1.807, 2.05) is 42.2 Å².